The van der Waals surface area contributed by atoms with Gasteiger partial charge in [-0.3, -0.25) is 9.59 Å². The second kappa shape index (κ2) is 51.0. The van der Waals surface area contributed by atoms with Crippen molar-refractivity contribution in [3.05, 3.63) is 24.3 Å². The molecule has 0 aliphatic rings. The van der Waals surface area contributed by atoms with Crippen molar-refractivity contribution in [3.63, 3.8) is 0 Å². The number of aliphatic hydroxyl groups is 2. The van der Waals surface area contributed by atoms with E-state index in [0.717, 1.165) is 44.9 Å². The number of rotatable bonds is 50. The van der Waals surface area contributed by atoms with Gasteiger partial charge in [0.15, 0.2) is 0 Å². The predicted molar refractivity (Wildman–Crippen MR) is 264 cm³/mol. The van der Waals surface area contributed by atoms with Crippen LogP contribution in [-0.2, 0) is 14.3 Å². The Labute approximate surface area is 380 Å². The van der Waals surface area contributed by atoms with E-state index in [9.17, 15) is 19.8 Å². The maximum atomic E-state index is 12.4. The Kier molecular flexibility index (Phi) is 49.6. The fraction of sp³-hybridized carbons (Fsp3) is 0.891. The molecule has 6 heteroatoms. The summed E-state index contributed by atoms with van der Waals surface area (Å²) in [5.41, 5.74) is 0. The van der Waals surface area contributed by atoms with Crippen molar-refractivity contribution in [2.45, 2.75) is 302 Å². The summed E-state index contributed by atoms with van der Waals surface area (Å²) in [6, 6.07) is -0.546. The Morgan fingerprint density at radius 2 is 0.770 bits per heavy atom. The van der Waals surface area contributed by atoms with Crippen LogP contribution in [0.4, 0.5) is 0 Å². The number of aliphatic hydroxyl groups excluding tert-OH is 2. The van der Waals surface area contributed by atoms with Crippen molar-refractivity contribution in [2.24, 2.45) is 0 Å². The molecule has 0 bridgehead atoms. The van der Waals surface area contributed by atoms with Gasteiger partial charge >= 0.3 is 5.97 Å². The van der Waals surface area contributed by atoms with Gasteiger partial charge in [0, 0.05) is 12.8 Å². The molecule has 0 aromatic rings. The van der Waals surface area contributed by atoms with E-state index in [2.05, 4.69) is 43.5 Å². The Morgan fingerprint density at radius 1 is 0.443 bits per heavy atom. The number of hydrogen-bond donors (Lipinski definition) is 3. The molecule has 0 aromatic heterocycles. The van der Waals surface area contributed by atoms with Crippen LogP contribution in [0, 0.1) is 0 Å². The van der Waals surface area contributed by atoms with Crippen molar-refractivity contribution in [1.29, 1.82) is 0 Å². The Hall–Kier alpha value is -1.66. The molecule has 0 radical (unpaired) electrons. The molecular weight excluding hydrogens is 755 g/mol. The fourth-order valence-electron chi connectivity index (χ4n) is 8.28. The zero-order valence-electron chi connectivity index (χ0n) is 40.9. The van der Waals surface area contributed by atoms with Crippen LogP contribution in [0.2, 0.25) is 0 Å². The SMILES string of the molecule is CCCCCCCCC/C=C\CCCCCCCC(=O)OCCCCCCCCCC/C=C\CCCCCCCCCC(=O)NC(CO)C(O)CCCCCCCCCCC. The third-order valence-electron chi connectivity index (χ3n) is 12.5. The first-order valence-corrected chi connectivity index (χ1v) is 27.1. The van der Waals surface area contributed by atoms with E-state index in [4.69, 9.17) is 4.74 Å². The summed E-state index contributed by atoms with van der Waals surface area (Å²) in [6.07, 6.45) is 60.2. The molecule has 0 rings (SSSR count). The first kappa shape index (κ1) is 59.3. The van der Waals surface area contributed by atoms with Gasteiger partial charge in [0.1, 0.15) is 0 Å². The van der Waals surface area contributed by atoms with Gasteiger partial charge in [-0.05, 0) is 77.0 Å². The molecule has 2 atom stereocenters. The number of hydrogen-bond acceptors (Lipinski definition) is 5. The first-order chi connectivity index (χ1) is 30.0. The molecule has 0 spiro atoms. The highest BCUT2D eigenvalue weighted by atomic mass is 16.5. The molecule has 0 aliphatic carbocycles. The molecule has 0 saturated heterocycles. The van der Waals surface area contributed by atoms with Crippen LogP contribution in [0.5, 0.6) is 0 Å². The van der Waals surface area contributed by atoms with E-state index in [0.29, 0.717) is 25.9 Å². The minimum absolute atomic E-state index is 0.00375. The lowest BCUT2D eigenvalue weighted by molar-refractivity contribution is -0.143. The number of amides is 1. The molecule has 1 amide bonds. The number of ether oxygens (including phenoxy) is 1. The minimum atomic E-state index is -0.668. The van der Waals surface area contributed by atoms with Gasteiger partial charge in [-0.15, -0.1) is 0 Å². The summed E-state index contributed by atoms with van der Waals surface area (Å²) < 4.78 is 5.47. The third-order valence-corrected chi connectivity index (χ3v) is 12.5. The maximum absolute atomic E-state index is 12.4. The first-order valence-electron chi connectivity index (χ1n) is 27.1. The van der Waals surface area contributed by atoms with Crippen LogP contribution in [0.25, 0.3) is 0 Å². The van der Waals surface area contributed by atoms with Crippen LogP contribution in [0.3, 0.4) is 0 Å². The molecule has 0 aromatic carbocycles. The lowest BCUT2D eigenvalue weighted by Gasteiger charge is -2.22. The molecule has 0 aliphatic heterocycles. The van der Waals surface area contributed by atoms with Gasteiger partial charge in [0.05, 0.1) is 25.4 Å². The van der Waals surface area contributed by atoms with E-state index < -0.39 is 12.1 Å². The predicted octanol–water partition coefficient (Wildman–Crippen LogP) is 16.3. The normalized spacial score (nSPS) is 12.8. The minimum Gasteiger partial charge on any atom is -0.466 e. The Balaban J connectivity index is 3.41. The third kappa shape index (κ3) is 47.7. The summed E-state index contributed by atoms with van der Waals surface area (Å²) in [6.45, 7) is 4.91. The van der Waals surface area contributed by atoms with Gasteiger partial charge < -0.3 is 20.3 Å². The number of unbranched alkanes of at least 4 members (excludes halogenated alkanes) is 35. The van der Waals surface area contributed by atoms with E-state index in [1.807, 2.05) is 0 Å². The van der Waals surface area contributed by atoms with Gasteiger partial charge in [0.2, 0.25) is 5.91 Å². The topological polar surface area (TPSA) is 95.9 Å². The average molecular weight is 860 g/mol. The number of nitrogens with one attached hydrogen (secondary N) is 1. The van der Waals surface area contributed by atoms with Crippen molar-refractivity contribution >= 4 is 11.9 Å². The Morgan fingerprint density at radius 3 is 1.16 bits per heavy atom. The Bertz CT molecular complexity index is 951. The van der Waals surface area contributed by atoms with Crippen LogP contribution in [-0.4, -0.2) is 47.4 Å². The van der Waals surface area contributed by atoms with E-state index in [1.54, 1.807) is 0 Å². The van der Waals surface area contributed by atoms with Gasteiger partial charge in [0.25, 0.3) is 0 Å². The smallest absolute Gasteiger partial charge is 0.305 e. The van der Waals surface area contributed by atoms with Crippen molar-refractivity contribution in [3.8, 4) is 0 Å². The van der Waals surface area contributed by atoms with Crippen molar-refractivity contribution in [1.82, 2.24) is 5.32 Å². The monoisotopic (exact) mass is 860 g/mol. The lowest BCUT2D eigenvalue weighted by atomic mass is 10.0. The maximum Gasteiger partial charge on any atom is 0.305 e. The van der Waals surface area contributed by atoms with Crippen LogP contribution in [0.15, 0.2) is 24.3 Å². The van der Waals surface area contributed by atoms with Gasteiger partial charge in [-0.1, -0.05) is 224 Å². The summed E-state index contributed by atoms with van der Waals surface area (Å²) >= 11 is 0. The van der Waals surface area contributed by atoms with Crippen LogP contribution >= 0.6 is 0 Å². The molecule has 3 N–H and O–H groups in total. The molecule has 0 saturated carbocycles. The van der Waals surface area contributed by atoms with Gasteiger partial charge in [-0.25, -0.2) is 0 Å². The van der Waals surface area contributed by atoms with E-state index in [1.165, 1.54) is 212 Å². The molecule has 6 nitrogen and oxygen atoms in total. The van der Waals surface area contributed by atoms with Crippen molar-refractivity contribution < 1.29 is 24.5 Å². The summed E-state index contributed by atoms with van der Waals surface area (Å²) in [5, 5.41) is 23.1. The zero-order valence-corrected chi connectivity index (χ0v) is 40.9. The number of esters is 1. The lowest BCUT2D eigenvalue weighted by Crippen LogP contribution is -2.45. The highest BCUT2D eigenvalue weighted by Crippen LogP contribution is 2.16. The number of allylic oxidation sites excluding steroid dienone is 4. The number of carbonyl (C=O) groups excluding carboxylic acids is 2. The molecule has 2 unspecified atom stereocenters. The summed E-state index contributed by atoms with van der Waals surface area (Å²) in [4.78, 5) is 24.4. The van der Waals surface area contributed by atoms with Crippen LogP contribution in [0.1, 0.15) is 290 Å². The quantitative estimate of drug-likeness (QED) is 0.0322. The standard InChI is InChI=1S/C55H105NO5/c1-3-5-7-9-11-13-14-15-16-23-26-29-33-37-41-45-49-55(60)61-50-46-42-38-34-30-27-24-21-19-17-18-20-22-25-28-32-36-40-44-48-54(59)56-52(51-57)53(58)47-43-39-35-31-12-10-8-6-4-2/h16-18,23,52-53,57-58H,3-15,19-22,24-51H2,1-2H3,(H,56,59)/b18-17-,23-16-. The van der Waals surface area contributed by atoms with E-state index in [-0.39, 0.29) is 18.5 Å². The van der Waals surface area contributed by atoms with Crippen LogP contribution < -0.4 is 5.32 Å². The molecule has 360 valence electrons. The highest BCUT2D eigenvalue weighted by Gasteiger charge is 2.20. The summed E-state index contributed by atoms with van der Waals surface area (Å²) in [5.74, 6) is -0.0511. The second-order valence-corrected chi connectivity index (χ2v) is 18.6. The molecule has 61 heavy (non-hydrogen) atoms. The largest absolute Gasteiger partial charge is 0.466 e. The molecule has 0 heterocycles. The zero-order chi connectivity index (χ0) is 44.4. The fourth-order valence-corrected chi connectivity index (χ4v) is 8.28. The second-order valence-electron chi connectivity index (χ2n) is 18.6. The molecular formula is C55H105NO5. The summed E-state index contributed by atoms with van der Waals surface area (Å²) in [7, 11) is 0. The van der Waals surface area contributed by atoms with E-state index >= 15 is 0 Å². The number of carbonyl (C=O) groups is 2. The highest BCUT2D eigenvalue weighted by molar-refractivity contribution is 5.76. The van der Waals surface area contributed by atoms with Gasteiger partial charge in [-0.2, -0.15) is 0 Å². The van der Waals surface area contributed by atoms with Crippen molar-refractivity contribution in [2.75, 3.05) is 13.2 Å². The molecule has 0 fully saturated rings. The average Bonchev–Trinajstić information content (AvgIpc) is 3.26.